The number of nitrogens with zero attached hydrogens (tertiary/aromatic N) is 5. The Bertz CT molecular complexity index is 1160. The maximum atomic E-state index is 6.02. The minimum Gasteiger partial charge on any atom is -0.384 e. The van der Waals surface area contributed by atoms with Gasteiger partial charge < -0.3 is 5.73 Å². The number of aryl methyl sites for hydroxylation is 2. The monoisotopic (exact) mass is 372 g/mol. The molecule has 142 valence electrons. The van der Waals surface area contributed by atoms with Gasteiger partial charge in [0.15, 0.2) is 0 Å². The maximum Gasteiger partial charge on any atom is 0.127 e. The van der Waals surface area contributed by atoms with Crippen LogP contribution in [0.2, 0.25) is 0 Å². The minimum absolute atomic E-state index is 0.508. The van der Waals surface area contributed by atoms with Crippen LogP contribution in [0.3, 0.4) is 0 Å². The van der Waals surface area contributed by atoms with Crippen molar-refractivity contribution in [2.45, 2.75) is 38.5 Å². The topological polar surface area (TPSA) is 74.0 Å². The van der Waals surface area contributed by atoms with Gasteiger partial charge in [0.05, 0.1) is 23.1 Å². The number of nitrogens with two attached hydrogens (primary N) is 1. The Labute approximate surface area is 164 Å². The Morgan fingerprint density at radius 3 is 2.68 bits per heavy atom. The molecule has 1 aliphatic rings. The molecule has 0 radical (unpaired) electrons. The van der Waals surface area contributed by atoms with Crippen molar-refractivity contribution < 1.29 is 0 Å². The van der Waals surface area contributed by atoms with E-state index in [1.54, 1.807) is 6.33 Å². The van der Waals surface area contributed by atoms with E-state index in [4.69, 9.17) is 10.7 Å². The summed E-state index contributed by atoms with van der Waals surface area (Å²) in [7, 11) is 1.92. The van der Waals surface area contributed by atoms with E-state index in [1.807, 2.05) is 30.2 Å². The number of nitrogen functional groups attached to an aromatic ring is 1. The highest BCUT2D eigenvalue weighted by atomic mass is 15.2. The van der Waals surface area contributed by atoms with Crippen LogP contribution in [0.1, 0.15) is 42.9 Å². The number of hydrogen-bond donors (Lipinski definition) is 1. The Kier molecular flexibility index (Phi) is 3.93. The van der Waals surface area contributed by atoms with E-state index in [0.717, 1.165) is 28.0 Å². The molecule has 6 heteroatoms. The lowest BCUT2D eigenvalue weighted by atomic mass is 10.00. The van der Waals surface area contributed by atoms with Gasteiger partial charge in [-0.15, -0.1) is 0 Å². The quantitative estimate of drug-likeness (QED) is 0.580. The molecule has 0 aromatic carbocycles. The summed E-state index contributed by atoms with van der Waals surface area (Å²) in [4.78, 5) is 9.38. The molecule has 0 spiro atoms. The number of fused-ring (bicyclic) bond motifs is 1. The molecule has 0 aliphatic heterocycles. The molecule has 28 heavy (non-hydrogen) atoms. The SMILES string of the molecule is Cc1cc(-c2cc(-c3cnn(C)c3)n3cnc(N)cc23)nc(C2CCCC2)c1. The van der Waals surface area contributed by atoms with Gasteiger partial charge in [-0.25, -0.2) is 4.98 Å². The molecule has 2 N–H and O–H groups in total. The first-order valence-electron chi connectivity index (χ1n) is 9.83. The van der Waals surface area contributed by atoms with Gasteiger partial charge >= 0.3 is 0 Å². The first kappa shape index (κ1) is 17.0. The third kappa shape index (κ3) is 2.85. The molecule has 0 unspecified atom stereocenters. The second-order valence-corrected chi connectivity index (χ2v) is 7.85. The third-order valence-electron chi connectivity index (χ3n) is 5.72. The molecule has 4 aromatic rings. The summed E-state index contributed by atoms with van der Waals surface area (Å²) in [6, 6.07) is 8.51. The summed E-state index contributed by atoms with van der Waals surface area (Å²) < 4.78 is 3.88. The maximum absolute atomic E-state index is 6.02. The average molecular weight is 372 g/mol. The van der Waals surface area contributed by atoms with Crippen LogP contribution in [-0.4, -0.2) is 24.1 Å². The number of hydrogen-bond acceptors (Lipinski definition) is 4. The first-order valence-corrected chi connectivity index (χ1v) is 9.83. The number of pyridine rings is 1. The highest BCUT2D eigenvalue weighted by Gasteiger charge is 2.21. The van der Waals surface area contributed by atoms with Gasteiger partial charge in [-0.3, -0.25) is 14.1 Å². The Hall–Kier alpha value is -3.15. The van der Waals surface area contributed by atoms with Gasteiger partial charge in [-0.2, -0.15) is 5.10 Å². The van der Waals surface area contributed by atoms with Crippen LogP contribution in [-0.2, 0) is 7.05 Å². The van der Waals surface area contributed by atoms with Gasteiger partial charge in [-0.05, 0) is 43.5 Å². The second-order valence-electron chi connectivity index (χ2n) is 7.85. The van der Waals surface area contributed by atoms with Gasteiger partial charge in [-0.1, -0.05) is 12.8 Å². The van der Waals surface area contributed by atoms with Crippen molar-refractivity contribution in [2.75, 3.05) is 5.73 Å². The number of rotatable bonds is 3. The lowest BCUT2D eigenvalue weighted by molar-refractivity contribution is 0.697. The van der Waals surface area contributed by atoms with E-state index in [2.05, 4.69) is 39.6 Å². The first-order chi connectivity index (χ1) is 13.6. The van der Waals surface area contributed by atoms with Gasteiger partial charge in [0, 0.05) is 42.0 Å². The fraction of sp³-hybridized carbons (Fsp3) is 0.318. The van der Waals surface area contributed by atoms with Crippen LogP contribution in [0.4, 0.5) is 5.82 Å². The van der Waals surface area contributed by atoms with Crippen LogP contribution in [0.25, 0.3) is 28.0 Å². The molecule has 1 fully saturated rings. The summed E-state index contributed by atoms with van der Waals surface area (Å²) in [5, 5.41) is 4.32. The molecule has 4 aromatic heterocycles. The lowest BCUT2D eigenvalue weighted by Crippen LogP contribution is -1.99. The van der Waals surface area contributed by atoms with Crippen LogP contribution in [0, 0.1) is 6.92 Å². The van der Waals surface area contributed by atoms with Crippen molar-refractivity contribution in [1.82, 2.24) is 24.1 Å². The van der Waals surface area contributed by atoms with E-state index in [9.17, 15) is 0 Å². The molecule has 5 rings (SSSR count). The van der Waals surface area contributed by atoms with Crippen molar-refractivity contribution >= 4 is 11.3 Å². The van der Waals surface area contributed by atoms with Crippen molar-refractivity contribution in [3.63, 3.8) is 0 Å². The van der Waals surface area contributed by atoms with Crippen molar-refractivity contribution in [1.29, 1.82) is 0 Å². The average Bonchev–Trinajstić information content (AvgIpc) is 3.40. The van der Waals surface area contributed by atoms with Crippen molar-refractivity contribution in [3.8, 4) is 22.5 Å². The third-order valence-corrected chi connectivity index (χ3v) is 5.72. The van der Waals surface area contributed by atoms with E-state index < -0.39 is 0 Å². The van der Waals surface area contributed by atoms with Crippen molar-refractivity contribution in [3.05, 3.63) is 54.2 Å². The second kappa shape index (κ2) is 6.48. The zero-order valence-electron chi connectivity index (χ0n) is 16.3. The Morgan fingerprint density at radius 2 is 1.93 bits per heavy atom. The highest BCUT2D eigenvalue weighted by Crippen LogP contribution is 2.37. The summed E-state index contributed by atoms with van der Waals surface area (Å²) in [6.07, 6.45) is 10.7. The van der Waals surface area contributed by atoms with E-state index in [0.29, 0.717) is 11.7 Å². The van der Waals surface area contributed by atoms with Gasteiger partial charge in [0.1, 0.15) is 12.1 Å². The Morgan fingerprint density at radius 1 is 1.11 bits per heavy atom. The van der Waals surface area contributed by atoms with E-state index in [-0.39, 0.29) is 0 Å². The van der Waals surface area contributed by atoms with Gasteiger partial charge in [0.25, 0.3) is 0 Å². The molecule has 4 heterocycles. The molecular formula is C22H24N6. The minimum atomic E-state index is 0.508. The smallest absolute Gasteiger partial charge is 0.127 e. The molecule has 1 saturated carbocycles. The molecular weight excluding hydrogens is 348 g/mol. The predicted molar refractivity (Wildman–Crippen MR) is 111 cm³/mol. The summed E-state index contributed by atoms with van der Waals surface area (Å²) in [5.41, 5.74) is 13.7. The normalized spacial score (nSPS) is 14.9. The molecule has 1 aliphatic carbocycles. The standard InChI is InChI=1S/C22H24N6/c1-14-7-18(15-5-3-4-6-15)26-19(8-14)17-9-20(16-11-25-27(2)12-16)28-13-24-22(23)10-21(17)28/h7-13,15H,3-6,23H2,1-2H3. The van der Waals surface area contributed by atoms with Crippen LogP contribution < -0.4 is 5.73 Å². The molecule has 0 bridgehead atoms. The molecule has 6 nitrogen and oxygen atoms in total. The van der Waals surface area contributed by atoms with Crippen LogP contribution in [0.5, 0.6) is 0 Å². The fourth-order valence-corrected chi connectivity index (χ4v) is 4.36. The zero-order valence-corrected chi connectivity index (χ0v) is 16.3. The predicted octanol–water partition coefficient (Wildman–Crippen LogP) is 4.35. The number of aromatic nitrogens is 5. The number of anilines is 1. The van der Waals surface area contributed by atoms with E-state index in [1.165, 1.54) is 36.9 Å². The zero-order chi connectivity index (χ0) is 19.3. The van der Waals surface area contributed by atoms with Crippen LogP contribution >= 0.6 is 0 Å². The van der Waals surface area contributed by atoms with Gasteiger partial charge in [0.2, 0.25) is 0 Å². The largest absolute Gasteiger partial charge is 0.384 e. The summed E-state index contributed by atoms with van der Waals surface area (Å²) in [5.74, 6) is 1.09. The summed E-state index contributed by atoms with van der Waals surface area (Å²) >= 11 is 0. The molecule has 0 amide bonds. The van der Waals surface area contributed by atoms with Crippen LogP contribution in [0.15, 0.2) is 43.0 Å². The summed E-state index contributed by atoms with van der Waals surface area (Å²) in [6.45, 7) is 2.15. The van der Waals surface area contributed by atoms with Crippen molar-refractivity contribution in [2.24, 2.45) is 7.05 Å². The molecule has 0 atom stereocenters. The lowest BCUT2D eigenvalue weighted by Gasteiger charge is -2.12. The Balaban J connectivity index is 1.72. The van der Waals surface area contributed by atoms with E-state index >= 15 is 0 Å². The fourth-order valence-electron chi connectivity index (χ4n) is 4.36. The highest BCUT2D eigenvalue weighted by molar-refractivity contribution is 5.86. The molecule has 0 saturated heterocycles.